The van der Waals surface area contributed by atoms with Crippen molar-refractivity contribution in [3.63, 3.8) is 0 Å². The SMILES string of the molecule is CCC1COC(C)CN1CCNCCc1cccs1. The van der Waals surface area contributed by atoms with Gasteiger partial charge in [0.25, 0.3) is 0 Å². The van der Waals surface area contributed by atoms with E-state index in [1.165, 1.54) is 11.3 Å². The fourth-order valence-corrected chi connectivity index (χ4v) is 3.29. The Bertz CT molecular complexity index is 342. The standard InChI is InChI=1S/C15H26N2OS/c1-3-14-12-18-13(2)11-17(14)9-8-16-7-6-15-5-4-10-19-15/h4-5,10,13-14,16H,3,6-9,11-12H2,1-2H3. The molecule has 3 nitrogen and oxygen atoms in total. The molecule has 0 aliphatic carbocycles. The van der Waals surface area contributed by atoms with Crippen molar-refractivity contribution in [1.82, 2.24) is 10.2 Å². The fourth-order valence-electron chi connectivity index (χ4n) is 2.58. The molecule has 4 heteroatoms. The van der Waals surface area contributed by atoms with Crippen LogP contribution >= 0.6 is 11.3 Å². The predicted molar refractivity (Wildman–Crippen MR) is 82.0 cm³/mol. The second-order valence-corrected chi connectivity index (χ2v) is 6.31. The van der Waals surface area contributed by atoms with Crippen molar-refractivity contribution < 1.29 is 4.74 Å². The van der Waals surface area contributed by atoms with E-state index in [-0.39, 0.29) is 0 Å². The number of morpholine rings is 1. The van der Waals surface area contributed by atoms with Gasteiger partial charge in [-0.2, -0.15) is 0 Å². The summed E-state index contributed by atoms with van der Waals surface area (Å²) in [7, 11) is 0. The molecule has 2 atom stereocenters. The summed E-state index contributed by atoms with van der Waals surface area (Å²) in [4.78, 5) is 4.05. The van der Waals surface area contributed by atoms with Crippen molar-refractivity contribution in [3.8, 4) is 0 Å². The van der Waals surface area contributed by atoms with Crippen LogP contribution in [0.4, 0.5) is 0 Å². The van der Waals surface area contributed by atoms with Crippen LogP contribution < -0.4 is 5.32 Å². The van der Waals surface area contributed by atoms with Gasteiger partial charge in [0.05, 0.1) is 12.7 Å². The number of rotatable bonds is 7. The molecule has 1 aliphatic rings. The second kappa shape index (κ2) is 8.00. The van der Waals surface area contributed by atoms with Gasteiger partial charge in [0.1, 0.15) is 0 Å². The lowest BCUT2D eigenvalue weighted by molar-refractivity contribution is -0.0550. The van der Waals surface area contributed by atoms with Gasteiger partial charge in [-0.05, 0) is 31.2 Å². The number of nitrogens with zero attached hydrogens (tertiary/aromatic N) is 1. The summed E-state index contributed by atoms with van der Waals surface area (Å²) in [5.74, 6) is 0. The van der Waals surface area contributed by atoms with Crippen LogP contribution in [0, 0.1) is 0 Å². The molecule has 0 bridgehead atoms. The molecule has 1 aliphatic heterocycles. The summed E-state index contributed by atoms with van der Waals surface area (Å²) in [5.41, 5.74) is 0. The summed E-state index contributed by atoms with van der Waals surface area (Å²) in [6.45, 7) is 9.69. The summed E-state index contributed by atoms with van der Waals surface area (Å²) in [6, 6.07) is 4.94. The van der Waals surface area contributed by atoms with Crippen LogP contribution in [0.25, 0.3) is 0 Å². The lowest BCUT2D eigenvalue weighted by atomic mass is 10.1. The minimum absolute atomic E-state index is 0.383. The number of hydrogen-bond donors (Lipinski definition) is 1. The maximum atomic E-state index is 5.73. The van der Waals surface area contributed by atoms with Crippen molar-refractivity contribution in [3.05, 3.63) is 22.4 Å². The molecule has 0 aromatic carbocycles. The van der Waals surface area contributed by atoms with E-state index in [2.05, 4.69) is 41.6 Å². The van der Waals surface area contributed by atoms with Gasteiger partial charge in [-0.25, -0.2) is 0 Å². The van der Waals surface area contributed by atoms with Crippen LogP contribution in [-0.2, 0) is 11.2 Å². The molecule has 0 radical (unpaired) electrons. The largest absolute Gasteiger partial charge is 0.376 e. The second-order valence-electron chi connectivity index (χ2n) is 5.28. The Kier molecular flexibility index (Phi) is 6.31. The van der Waals surface area contributed by atoms with Crippen LogP contribution in [-0.4, -0.2) is 49.8 Å². The van der Waals surface area contributed by atoms with E-state index in [4.69, 9.17) is 4.74 Å². The maximum Gasteiger partial charge on any atom is 0.0674 e. The van der Waals surface area contributed by atoms with Crippen LogP contribution in [0.15, 0.2) is 17.5 Å². The van der Waals surface area contributed by atoms with Crippen molar-refractivity contribution in [2.24, 2.45) is 0 Å². The molecule has 0 spiro atoms. The quantitative estimate of drug-likeness (QED) is 0.777. The van der Waals surface area contributed by atoms with Crippen molar-refractivity contribution in [1.29, 1.82) is 0 Å². The van der Waals surface area contributed by atoms with Crippen molar-refractivity contribution >= 4 is 11.3 Å². The zero-order valence-electron chi connectivity index (χ0n) is 12.1. The minimum Gasteiger partial charge on any atom is -0.376 e. The molecule has 0 amide bonds. The molecule has 2 heterocycles. The number of ether oxygens (including phenoxy) is 1. The molecule has 2 rings (SSSR count). The molecule has 0 saturated carbocycles. The Morgan fingerprint density at radius 1 is 1.47 bits per heavy atom. The summed E-state index contributed by atoms with van der Waals surface area (Å²) in [5, 5.41) is 5.70. The van der Waals surface area contributed by atoms with Gasteiger partial charge in [0.15, 0.2) is 0 Å². The van der Waals surface area contributed by atoms with E-state index < -0.39 is 0 Å². The zero-order valence-corrected chi connectivity index (χ0v) is 12.9. The Labute approximate surface area is 121 Å². The van der Waals surface area contributed by atoms with Gasteiger partial charge < -0.3 is 10.1 Å². The van der Waals surface area contributed by atoms with E-state index in [9.17, 15) is 0 Å². The highest BCUT2D eigenvalue weighted by Crippen LogP contribution is 2.13. The highest BCUT2D eigenvalue weighted by Gasteiger charge is 2.24. The highest BCUT2D eigenvalue weighted by atomic mass is 32.1. The van der Waals surface area contributed by atoms with Crippen LogP contribution in [0.1, 0.15) is 25.1 Å². The molecule has 19 heavy (non-hydrogen) atoms. The Balaban J connectivity index is 1.61. The lowest BCUT2D eigenvalue weighted by Gasteiger charge is -2.38. The zero-order chi connectivity index (χ0) is 13.5. The first-order valence-corrected chi connectivity index (χ1v) is 8.26. The van der Waals surface area contributed by atoms with E-state index in [1.54, 1.807) is 0 Å². The van der Waals surface area contributed by atoms with E-state index in [1.807, 2.05) is 11.3 Å². The van der Waals surface area contributed by atoms with Gasteiger partial charge in [0, 0.05) is 37.1 Å². The van der Waals surface area contributed by atoms with E-state index in [0.717, 1.165) is 39.2 Å². The number of nitrogens with one attached hydrogen (secondary N) is 1. The normalized spacial score (nSPS) is 24.7. The molecule has 2 unspecified atom stereocenters. The van der Waals surface area contributed by atoms with Crippen LogP contribution in [0.3, 0.4) is 0 Å². The topological polar surface area (TPSA) is 24.5 Å². The van der Waals surface area contributed by atoms with Gasteiger partial charge in [0.2, 0.25) is 0 Å². The first kappa shape index (κ1) is 15.0. The molecule has 1 saturated heterocycles. The Morgan fingerprint density at radius 2 is 2.37 bits per heavy atom. The molecule has 108 valence electrons. The average Bonchev–Trinajstić information content (AvgIpc) is 2.92. The average molecular weight is 282 g/mol. The Morgan fingerprint density at radius 3 is 3.11 bits per heavy atom. The van der Waals surface area contributed by atoms with E-state index >= 15 is 0 Å². The Hall–Kier alpha value is -0.420. The molecule has 1 aromatic rings. The fraction of sp³-hybridized carbons (Fsp3) is 0.733. The monoisotopic (exact) mass is 282 g/mol. The summed E-state index contributed by atoms with van der Waals surface area (Å²) >= 11 is 1.85. The maximum absolute atomic E-state index is 5.73. The minimum atomic E-state index is 0.383. The predicted octanol–water partition coefficient (Wildman–Crippen LogP) is 2.38. The third kappa shape index (κ3) is 4.88. The molecule has 1 N–H and O–H groups in total. The third-order valence-corrected chi connectivity index (χ3v) is 4.69. The highest BCUT2D eigenvalue weighted by molar-refractivity contribution is 7.09. The van der Waals surface area contributed by atoms with E-state index in [0.29, 0.717) is 12.1 Å². The molecule has 1 aromatic heterocycles. The van der Waals surface area contributed by atoms with Crippen molar-refractivity contribution in [2.45, 2.75) is 38.8 Å². The summed E-state index contributed by atoms with van der Waals surface area (Å²) < 4.78 is 5.73. The van der Waals surface area contributed by atoms with Gasteiger partial charge in [-0.3, -0.25) is 4.90 Å². The van der Waals surface area contributed by atoms with Gasteiger partial charge in [-0.15, -0.1) is 11.3 Å². The lowest BCUT2D eigenvalue weighted by Crippen LogP contribution is -2.50. The molecular weight excluding hydrogens is 256 g/mol. The van der Waals surface area contributed by atoms with Gasteiger partial charge >= 0.3 is 0 Å². The summed E-state index contributed by atoms with van der Waals surface area (Å²) in [6.07, 6.45) is 2.71. The number of hydrogen-bond acceptors (Lipinski definition) is 4. The van der Waals surface area contributed by atoms with Crippen LogP contribution in [0.5, 0.6) is 0 Å². The number of thiophene rings is 1. The van der Waals surface area contributed by atoms with Gasteiger partial charge in [-0.1, -0.05) is 13.0 Å². The third-order valence-electron chi connectivity index (χ3n) is 3.76. The van der Waals surface area contributed by atoms with Crippen LogP contribution in [0.2, 0.25) is 0 Å². The first-order chi connectivity index (χ1) is 9.29. The smallest absolute Gasteiger partial charge is 0.0674 e. The van der Waals surface area contributed by atoms with Crippen molar-refractivity contribution in [2.75, 3.05) is 32.8 Å². The molecular formula is C15H26N2OS. The molecule has 1 fully saturated rings. The first-order valence-electron chi connectivity index (χ1n) is 7.38.